The second-order valence-electron chi connectivity index (χ2n) is 10.7. The van der Waals surface area contributed by atoms with Crippen molar-refractivity contribution in [1.29, 1.82) is 0 Å². The summed E-state index contributed by atoms with van der Waals surface area (Å²) in [6.07, 6.45) is -1.74. The van der Waals surface area contributed by atoms with Gasteiger partial charge in [0.1, 0.15) is 24.7 Å². The highest BCUT2D eigenvalue weighted by Crippen LogP contribution is 2.20. The van der Waals surface area contributed by atoms with E-state index in [0.717, 1.165) is 10.5 Å². The fourth-order valence-electron chi connectivity index (χ4n) is 3.45. The zero-order valence-corrected chi connectivity index (χ0v) is 22.9. The van der Waals surface area contributed by atoms with Crippen molar-refractivity contribution in [2.45, 2.75) is 90.8 Å². The lowest BCUT2D eigenvalue weighted by Crippen LogP contribution is -2.61. The van der Waals surface area contributed by atoms with Crippen molar-refractivity contribution < 1.29 is 43.7 Å². The predicted octanol–water partition coefficient (Wildman–Crippen LogP) is 2.16. The number of rotatable bonds is 12. The normalized spacial score (nSPS) is 14.0. The Labute approximate surface area is 222 Å². The molecule has 1 aromatic rings. The minimum Gasteiger partial charge on any atom is -0.481 e. The molecule has 0 spiro atoms. The first kappa shape index (κ1) is 32.4. The molecule has 0 saturated heterocycles. The maximum absolute atomic E-state index is 13.4. The highest BCUT2D eigenvalue weighted by molar-refractivity contribution is 5.95. The quantitative estimate of drug-likeness (QED) is 0.312. The Balaban J connectivity index is 3.15. The molecule has 1 rings (SSSR count). The van der Waals surface area contributed by atoms with Gasteiger partial charge in [0.15, 0.2) is 0 Å². The van der Waals surface area contributed by atoms with Crippen molar-refractivity contribution in [2.75, 3.05) is 6.61 Å². The molecule has 0 aromatic heterocycles. The lowest BCUT2D eigenvalue weighted by atomic mass is 10.00. The van der Waals surface area contributed by atoms with E-state index < -0.39 is 65.5 Å². The molecule has 0 aliphatic carbocycles. The van der Waals surface area contributed by atoms with Gasteiger partial charge in [-0.1, -0.05) is 30.3 Å². The van der Waals surface area contributed by atoms with Gasteiger partial charge in [-0.3, -0.25) is 14.4 Å². The van der Waals surface area contributed by atoms with Crippen LogP contribution in [0.3, 0.4) is 0 Å². The van der Waals surface area contributed by atoms with E-state index in [2.05, 4.69) is 10.6 Å². The van der Waals surface area contributed by atoms with Gasteiger partial charge in [-0.05, 0) is 54.0 Å². The maximum atomic E-state index is 13.4. The maximum Gasteiger partial charge on any atom is 0.408 e. The molecule has 0 fully saturated rings. The number of nitrogens with one attached hydrogen (secondary N) is 2. The van der Waals surface area contributed by atoms with Crippen LogP contribution in [0.5, 0.6) is 0 Å². The number of amides is 3. The Morgan fingerprint density at radius 3 is 1.97 bits per heavy atom. The standard InChI is InChI=1S/C26H39N3O9/c1-16(23(34)35)29(25(2,3)4)22(33)18(13-20(30)31)27-21(32)19(15-38-26(5,6)7)28-24(36)37-14-17-11-9-8-10-12-17/h8-12,16,18-19H,13-15H2,1-7H3,(H,27,32)(H,28,36)(H,30,31)(H,34,35)/t16-,18-,19-/m0/s1. The third-order valence-corrected chi connectivity index (χ3v) is 5.20. The molecule has 12 nitrogen and oxygen atoms in total. The van der Waals surface area contributed by atoms with Gasteiger partial charge in [-0.25, -0.2) is 9.59 Å². The molecular formula is C26H39N3O9. The number of aliphatic carboxylic acids is 2. The van der Waals surface area contributed by atoms with E-state index in [1.54, 1.807) is 71.9 Å². The third-order valence-electron chi connectivity index (χ3n) is 5.20. The number of hydrogen-bond donors (Lipinski definition) is 4. The molecule has 4 N–H and O–H groups in total. The van der Waals surface area contributed by atoms with Gasteiger partial charge >= 0.3 is 18.0 Å². The van der Waals surface area contributed by atoms with Gasteiger partial charge in [-0.2, -0.15) is 0 Å². The van der Waals surface area contributed by atoms with E-state index in [1.165, 1.54) is 6.92 Å². The number of benzene rings is 1. The van der Waals surface area contributed by atoms with E-state index in [0.29, 0.717) is 0 Å². The number of carboxylic acid groups (broad SMARTS) is 2. The van der Waals surface area contributed by atoms with Gasteiger partial charge in [0.05, 0.1) is 18.6 Å². The van der Waals surface area contributed by atoms with Crippen LogP contribution in [-0.4, -0.2) is 80.8 Å². The van der Waals surface area contributed by atoms with Crippen LogP contribution in [0.2, 0.25) is 0 Å². The number of carbonyl (C=O) groups excluding carboxylic acids is 3. The number of ether oxygens (including phenoxy) is 2. The first-order valence-electron chi connectivity index (χ1n) is 12.1. The summed E-state index contributed by atoms with van der Waals surface area (Å²) in [6.45, 7) is 10.9. The van der Waals surface area contributed by atoms with E-state index in [1.807, 2.05) is 0 Å². The molecule has 3 amide bonds. The van der Waals surface area contributed by atoms with Crippen molar-refractivity contribution in [3.63, 3.8) is 0 Å². The third kappa shape index (κ3) is 11.2. The molecule has 0 radical (unpaired) electrons. The Hall–Kier alpha value is -3.67. The number of carbonyl (C=O) groups is 5. The Morgan fingerprint density at radius 2 is 1.50 bits per heavy atom. The second-order valence-corrected chi connectivity index (χ2v) is 10.7. The van der Waals surface area contributed by atoms with Crippen LogP contribution in [0.15, 0.2) is 30.3 Å². The van der Waals surface area contributed by atoms with E-state index in [-0.39, 0.29) is 13.2 Å². The number of alkyl carbamates (subject to hydrolysis) is 1. The molecule has 0 aliphatic rings. The minimum atomic E-state index is -1.61. The largest absolute Gasteiger partial charge is 0.481 e. The highest BCUT2D eigenvalue weighted by atomic mass is 16.5. The predicted molar refractivity (Wildman–Crippen MR) is 137 cm³/mol. The van der Waals surface area contributed by atoms with Crippen molar-refractivity contribution >= 4 is 29.8 Å². The van der Waals surface area contributed by atoms with Crippen molar-refractivity contribution in [1.82, 2.24) is 15.5 Å². The van der Waals surface area contributed by atoms with Gasteiger partial charge in [-0.15, -0.1) is 0 Å². The molecule has 3 atom stereocenters. The molecule has 0 aliphatic heterocycles. The SMILES string of the molecule is C[C@@H](C(=O)O)N(C(=O)[C@H](CC(=O)O)NC(=O)[C@H](COC(C)(C)C)NC(=O)OCc1ccccc1)C(C)(C)C. The molecule has 12 heteroatoms. The van der Waals surface area contributed by atoms with Crippen molar-refractivity contribution in [2.24, 2.45) is 0 Å². The molecular weight excluding hydrogens is 498 g/mol. The summed E-state index contributed by atoms with van der Waals surface area (Å²) in [4.78, 5) is 63.2. The van der Waals surface area contributed by atoms with Gasteiger partial charge in [0, 0.05) is 5.54 Å². The van der Waals surface area contributed by atoms with E-state index >= 15 is 0 Å². The van der Waals surface area contributed by atoms with Gasteiger partial charge in [0.2, 0.25) is 11.8 Å². The molecule has 1 aromatic carbocycles. The molecule has 0 saturated carbocycles. The summed E-state index contributed by atoms with van der Waals surface area (Å²) in [6, 6.07) is 4.60. The summed E-state index contributed by atoms with van der Waals surface area (Å²) < 4.78 is 10.8. The molecule has 0 heterocycles. The number of carboxylic acids is 2. The van der Waals surface area contributed by atoms with Gasteiger partial charge in [0.25, 0.3) is 0 Å². The van der Waals surface area contributed by atoms with Crippen LogP contribution in [0.4, 0.5) is 4.79 Å². The average Bonchev–Trinajstić information content (AvgIpc) is 2.78. The first-order valence-corrected chi connectivity index (χ1v) is 12.1. The van der Waals surface area contributed by atoms with Crippen molar-refractivity contribution in [3.05, 3.63) is 35.9 Å². The molecule has 0 bridgehead atoms. The van der Waals surface area contributed by atoms with Crippen LogP contribution in [-0.2, 0) is 35.3 Å². The van der Waals surface area contributed by atoms with Gasteiger partial charge < -0.3 is 35.2 Å². The van der Waals surface area contributed by atoms with E-state index in [9.17, 15) is 34.2 Å². The zero-order chi connectivity index (χ0) is 29.3. The monoisotopic (exact) mass is 537 g/mol. The zero-order valence-electron chi connectivity index (χ0n) is 22.9. The second kappa shape index (κ2) is 13.8. The fraction of sp³-hybridized carbons (Fsp3) is 0.577. The Kier molecular flexibility index (Phi) is 11.7. The van der Waals surface area contributed by atoms with Crippen LogP contribution < -0.4 is 10.6 Å². The van der Waals surface area contributed by atoms with Crippen molar-refractivity contribution in [3.8, 4) is 0 Å². The van der Waals surface area contributed by atoms with Crippen LogP contribution in [0.25, 0.3) is 0 Å². The Morgan fingerprint density at radius 1 is 0.921 bits per heavy atom. The number of hydrogen-bond acceptors (Lipinski definition) is 7. The number of nitrogens with zero attached hydrogens (tertiary/aromatic N) is 1. The summed E-state index contributed by atoms with van der Waals surface area (Å²) in [7, 11) is 0. The van der Waals surface area contributed by atoms with Crippen LogP contribution >= 0.6 is 0 Å². The fourth-order valence-corrected chi connectivity index (χ4v) is 3.45. The lowest BCUT2D eigenvalue weighted by molar-refractivity contribution is -0.156. The minimum absolute atomic E-state index is 0.0606. The smallest absolute Gasteiger partial charge is 0.408 e. The first-order chi connectivity index (χ1) is 17.4. The summed E-state index contributed by atoms with van der Waals surface area (Å²) in [5.41, 5.74) is -0.980. The summed E-state index contributed by atoms with van der Waals surface area (Å²) in [5.74, 6) is -4.49. The van der Waals surface area contributed by atoms with Crippen LogP contribution in [0.1, 0.15) is 60.5 Å². The summed E-state index contributed by atoms with van der Waals surface area (Å²) >= 11 is 0. The Bertz CT molecular complexity index is 984. The van der Waals surface area contributed by atoms with E-state index in [4.69, 9.17) is 9.47 Å². The molecule has 38 heavy (non-hydrogen) atoms. The molecule has 0 unspecified atom stereocenters. The summed E-state index contributed by atoms with van der Waals surface area (Å²) in [5, 5.41) is 23.6. The highest BCUT2D eigenvalue weighted by Gasteiger charge is 2.40. The lowest BCUT2D eigenvalue weighted by Gasteiger charge is -2.40. The topological polar surface area (TPSA) is 172 Å². The average molecular weight is 538 g/mol. The molecule has 212 valence electrons. The van der Waals surface area contributed by atoms with Crippen LogP contribution in [0, 0.1) is 0 Å².